The number of carbonyl (C=O) groups excluding carboxylic acids is 1. The molecule has 2 aromatic carbocycles. The zero-order valence-electron chi connectivity index (χ0n) is 18.0. The number of rotatable bonds is 9. The van der Waals surface area contributed by atoms with Gasteiger partial charge in [0.2, 0.25) is 15.9 Å². The fourth-order valence-electron chi connectivity index (χ4n) is 2.91. The lowest BCUT2D eigenvalue weighted by Crippen LogP contribution is -2.45. The van der Waals surface area contributed by atoms with Crippen LogP contribution in [0.5, 0.6) is 17.2 Å². The number of nitrogens with one attached hydrogen (secondary N) is 1. The van der Waals surface area contributed by atoms with Crippen LogP contribution in [0, 0.1) is 0 Å². The molecule has 8 nitrogen and oxygen atoms in total. The summed E-state index contributed by atoms with van der Waals surface area (Å²) in [7, 11) is -0.824. The Hall–Kier alpha value is -2.94. The highest BCUT2D eigenvalue weighted by Crippen LogP contribution is 2.33. The van der Waals surface area contributed by atoms with Crippen molar-refractivity contribution < 1.29 is 27.4 Å². The Balaban J connectivity index is 2.27. The number of amides is 1. The first kappa shape index (κ1) is 23.3. The van der Waals surface area contributed by atoms with Gasteiger partial charge in [0, 0.05) is 11.8 Å². The largest absolute Gasteiger partial charge is 0.493 e. The first-order valence-corrected chi connectivity index (χ1v) is 11.2. The van der Waals surface area contributed by atoms with E-state index >= 15 is 0 Å². The van der Waals surface area contributed by atoms with Crippen LogP contribution in [-0.2, 0) is 14.8 Å². The third-order valence-electron chi connectivity index (χ3n) is 4.20. The lowest BCUT2D eigenvalue weighted by Gasteiger charge is -2.28. The summed E-state index contributed by atoms with van der Waals surface area (Å²) in [6.07, 6.45) is 1.08. The number of methoxy groups -OCH3 is 2. The minimum absolute atomic E-state index is 0.0373. The van der Waals surface area contributed by atoms with Crippen molar-refractivity contribution in [3.05, 3.63) is 42.5 Å². The minimum atomic E-state index is -3.76. The average Bonchev–Trinajstić information content (AvgIpc) is 2.67. The van der Waals surface area contributed by atoms with Crippen LogP contribution >= 0.6 is 0 Å². The van der Waals surface area contributed by atoms with Gasteiger partial charge in [0.25, 0.3) is 0 Å². The van der Waals surface area contributed by atoms with E-state index in [0.717, 1.165) is 10.6 Å². The number of carbonyl (C=O) groups is 1. The van der Waals surface area contributed by atoms with E-state index in [1.165, 1.54) is 27.2 Å². The second-order valence-electron chi connectivity index (χ2n) is 6.95. The van der Waals surface area contributed by atoms with Gasteiger partial charge in [-0.15, -0.1) is 0 Å². The van der Waals surface area contributed by atoms with Gasteiger partial charge < -0.3 is 19.5 Å². The molecule has 1 N–H and O–H groups in total. The molecule has 9 heteroatoms. The number of hydrogen-bond acceptors (Lipinski definition) is 6. The standard InChI is InChI=1S/C21H28N2O6S/c1-14(2)29-18-10-7-16(8-11-18)22-21(24)15(3)23(30(6,25)26)17-9-12-19(27-4)20(13-17)28-5/h7-15H,1-6H3,(H,22,24). The summed E-state index contributed by atoms with van der Waals surface area (Å²) in [5, 5.41) is 2.74. The molecule has 0 aliphatic carbocycles. The van der Waals surface area contributed by atoms with Gasteiger partial charge in [-0.25, -0.2) is 8.42 Å². The molecule has 2 rings (SSSR count). The van der Waals surface area contributed by atoms with Crippen LogP contribution in [0.25, 0.3) is 0 Å². The predicted octanol–water partition coefficient (Wildman–Crippen LogP) is 3.28. The highest BCUT2D eigenvalue weighted by atomic mass is 32.2. The van der Waals surface area contributed by atoms with Crippen molar-refractivity contribution in [2.24, 2.45) is 0 Å². The van der Waals surface area contributed by atoms with Gasteiger partial charge in [0.05, 0.1) is 32.3 Å². The molecule has 30 heavy (non-hydrogen) atoms. The molecular weight excluding hydrogens is 408 g/mol. The van der Waals surface area contributed by atoms with E-state index in [1.807, 2.05) is 13.8 Å². The summed E-state index contributed by atoms with van der Waals surface area (Å²) in [6.45, 7) is 5.36. The van der Waals surface area contributed by atoms with Crippen molar-refractivity contribution in [3.63, 3.8) is 0 Å². The van der Waals surface area contributed by atoms with Crippen LogP contribution < -0.4 is 23.8 Å². The zero-order valence-corrected chi connectivity index (χ0v) is 18.8. The Morgan fingerprint density at radius 1 is 0.967 bits per heavy atom. The van der Waals surface area contributed by atoms with Crippen LogP contribution in [0.4, 0.5) is 11.4 Å². The van der Waals surface area contributed by atoms with Crippen molar-refractivity contribution >= 4 is 27.3 Å². The number of benzene rings is 2. The average molecular weight is 437 g/mol. The Morgan fingerprint density at radius 3 is 2.07 bits per heavy atom. The molecule has 2 aromatic rings. The van der Waals surface area contributed by atoms with Gasteiger partial charge in [-0.05, 0) is 57.2 Å². The third-order valence-corrected chi connectivity index (χ3v) is 5.45. The van der Waals surface area contributed by atoms with Gasteiger partial charge in [0.15, 0.2) is 11.5 Å². The molecular formula is C21H28N2O6S. The van der Waals surface area contributed by atoms with Crippen LogP contribution in [0.15, 0.2) is 42.5 Å². The van der Waals surface area contributed by atoms with Crippen molar-refractivity contribution in [2.75, 3.05) is 30.1 Å². The Morgan fingerprint density at radius 2 is 1.57 bits per heavy atom. The summed E-state index contributed by atoms with van der Waals surface area (Å²) < 4.78 is 42.1. The normalized spacial score (nSPS) is 12.2. The molecule has 164 valence electrons. The lowest BCUT2D eigenvalue weighted by molar-refractivity contribution is -0.116. The Kier molecular flexibility index (Phi) is 7.55. The molecule has 0 heterocycles. The minimum Gasteiger partial charge on any atom is -0.493 e. The molecule has 1 amide bonds. The molecule has 0 radical (unpaired) electrons. The summed E-state index contributed by atoms with van der Waals surface area (Å²) in [4.78, 5) is 12.8. The van der Waals surface area contributed by atoms with Crippen LogP contribution in [0.3, 0.4) is 0 Å². The number of anilines is 2. The van der Waals surface area contributed by atoms with E-state index in [9.17, 15) is 13.2 Å². The van der Waals surface area contributed by atoms with Crippen molar-refractivity contribution in [3.8, 4) is 17.2 Å². The van der Waals surface area contributed by atoms with E-state index in [-0.39, 0.29) is 6.10 Å². The van der Waals surface area contributed by atoms with Gasteiger partial charge in [-0.1, -0.05) is 0 Å². The molecule has 1 unspecified atom stereocenters. The van der Waals surface area contributed by atoms with E-state index in [1.54, 1.807) is 36.4 Å². The highest BCUT2D eigenvalue weighted by molar-refractivity contribution is 7.92. The summed E-state index contributed by atoms with van der Waals surface area (Å²) >= 11 is 0. The van der Waals surface area contributed by atoms with E-state index in [4.69, 9.17) is 14.2 Å². The first-order chi connectivity index (χ1) is 14.1. The third kappa shape index (κ3) is 5.79. The Bertz CT molecular complexity index is 973. The molecule has 1 atom stereocenters. The second kappa shape index (κ2) is 9.71. The number of sulfonamides is 1. The molecule has 0 spiro atoms. The second-order valence-corrected chi connectivity index (χ2v) is 8.81. The van der Waals surface area contributed by atoms with Gasteiger partial charge in [0.1, 0.15) is 11.8 Å². The lowest BCUT2D eigenvalue weighted by atomic mass is 10.2. The first-order valence-electron chi connectivity index (χ1n) is 9.35. The zero-order chi connectivity index (χ0) is 22.5. The summed E-state index contributed by atoms with van der Waals surface area (Å²) in [6, 6.07) is 10.5. The van der Waals surface area contributed by atoms with E-state index in [2.05, 4.69) is 5.32 Å². The number of ether oxygens (including phenoxy) is 3. The topological polar surface area (TPSA) is 94.2 Å². The summed E-state index contributed by atoms with van der Waals surface area (Å²) in [5.41, 5.74) is 0.821. The molecule has 0 aromatic heterocycles. The van der Waals surface area contributed by atoms with Crippen LogP contribution in [-0.4, -0.2) is 46.9 Å². The molecule has 0 saturated heterocycles. The monoisotopic (exact) mass is 436 g/mol. The maximum absolute atomic E-state index is 12.8. The van der Waals surface area contributed by atoms with E-state index < -0.39 is 22.0 Å². The predicted molar refractivity (Wildman–Crippen MR) is 117 cm³/mol. The van der Waals surface area contributed by atoms with Crippen molar-refractivity contribution in [2.45, 2.75) is 32.9 Å². The highest BCUT2D eigenvalue weighted by Gasteiger charge is 2.30. The fraction of sp³-hybridized carbons (Fsp3) is 0.381. The molecule has 0 fully saturated rings. The van der Waals surface area contributed by atoms with E-state index in [0.29, 0.717) is 28.6 Å². The SMILES string of the molecule is COc1ccc(N(C(C)C(=O)Nc2ccc(OC(C)C)cc2)S(C)(=O)=O)cc1OC. The molecule has 0 bridgehead atoms. The van der Waals surface area contributed by atoms with Crippen molar-refractivity contribution in [1.82, 2.24) is 0 Å². The molecule has 0 aliphatic rings. The summed E-state index contributed by atoms with van der Waals surface area (Å²) in [5.74, 6) is 1.01. The van der Waals surface area contributed by atoms with Gasteiger partial charge >= 0.3 is 0 Å². The Labute approximate surface area is 177 Å². The quantitative estimate of drug-likeness (QED) is 0.648. The van der Waals surface area contributed by atoms with Gasteiger partial charge in [-0.3, -0.25) is 9.10 Å². The molecule has 0 saturated carbocycles. The maximum Gasteiger partial charge on any atom is 0.247 e. The fourth-order valence-corrected chi connectivity index (χ4v) is 4.07. The van der Waals surface area contributed by atoms with Crippen LogP contribution in [0.2, 0.25) is 0 Å². The van der Waals surface area contributed by atoms with Crippen LogP contribution in [0.1, 0.15) is 20.8 Å². The number of nitrogens with zero attached hydrogens (tertiary/aromatic N) is 1. The maximum atomic E-state index is 12.8. The smallest absolute Gasteiger partial charge is 0.247 e. The van der Waals surface area contributed by atoms with Crippen molar-refractivity contribution in [1.29, 1.82) is 0 Å². The molecule has 0 aliphatic heterocycles. The van der Waals surface area contributed by atoms with Gasteiger partial charge in [-0.2, -0.15) is 0 Å². The number of hydrogen-bond donors (Lipinski definition) is 1.